The number of alkyl halides is 3. The van der Waals surface area contributed by atoms with E-state index in [0.717, 1.165) is 0 Å². The number of carboxylic acid groups (broad SMARTS) is 1. The third-order valence-electron chi connectivity index (χ3n) is 3.06. The standard InChI is InChI=1S/C15H10ClF3O2/c1-8-7-9(14(20)21)5-6-10(8)11-3-2-4-12(16)13(11)15(17,18)19/h2-7H,1H3,(H,20,21). The maximum absolute atomic E-state index is 13.2. The second-order valence-electron chi connectivity index (χ2n) is 4.50. The molecule has 2 aromatic carbocycles. The van der Waals surface area contributed by atoms with Crippen LogP contribution in [0.1, 0.15) is 21.5 Å². The lowest BCUT2D eigenvalue weighted by Crippen LogP contribution is -2.08. The van der Waals surface area contributed by atoms with Crippen LogP contribution in [0.5, 0.6) is 0 Å². The van der Waals surface area contributed by atoms with Gasteiger partial charge in [-0.1, -0.05) is 29.8 Å². The smallest absolute Gasteiger partial charge is 0.418 e. The predicted molar refractivity (Wildman–Crippen MR) is 73.6 cm³/mol. The molecular weight excluding hydrogens is 305 g/mol. The van der Waals surface area contributed by atoms with Gasteiger partial charge in [-0.2, -0.15) is 13.2 Å². The fourth-order valence-corrected chi connectivity index (χ4v) is 2.42. The van der Waals surface area contributed by atoms with Crippen molar-refractivity contribution in [3.63, 3.8) is 0 Å². The van der Waals surface area contributed by atoms with Crippen molar-refractivity contribution in [3.05, 3.63) is 58.1 Å². The van der Waals surface area contributed by atoms with Crippen LogP contribution in [0.25, 0.3) is 11.1 Å². The van der Waals surface area contributed by atoms with Crippen molar-refractivity contribution >= 4 is 17.6 Å². The van der Waals surface area contributed by atoms with Gasteiger partial charge in [0, 0.05) is 0 Å². The van der Waals surface area contributed by atoms with E-state index in [0.29, 0.717) is 11.1 Å². The largest absolute Gasteiger partial charge is 0.478 e. The summed E-state index contributed by atoms with van der Waals surface area (Å²) in [5.74, 6) is -1.13. The van der Waals surface area contributed by atoms with E-state index in [2.05, 4.69) is 0 Å². The first-order valence-corrected chi connectivity index (χ1v) is 6.29. The van der Waals surface area contributed by atoms with E-state index in [1.807, 2.05) is 0 Å². The minimum Gasteiger partial charge on any atom is -0.478 e. The zero-order valence-corrected chi connectivity index (χ0v) is 11.6. The van der Waals surface area contributed by atoms with E-state index in [9.17, 15) is 18.0 Å². The number of carboxylic acids is 1. The van der Waals surface area contributed by atoms with Crippen molar-refractivity contribution in [1.29, 1.82) is 0 Å². The molecule has 0 saturated heterocycles. The molecule has 0 spiro atoms. The van der Waals surface area contributed by atoms with Crippen molar-refractivity contribution in [2.24, 2.45) is 0 Å². The van der Waals surface area contributed by atoms with Crippen LogP contribution < -0.4 is 0 Å². The van der Waals surface area contributed by atoms with Gasteiger partial charge < -0.3 is 5.11 Å². The highest BCUT2D eigenvalue weighted by Gasteiger charge is 2.36. The molecule has 110 valence electrons. The van der Waals surface area contributed by atoms with E-state index in [-0.39, 0.29) is 16.1 Å². The molecule has 2 nitrogen and oxygen atoms in total. The van der Waals surface area contributed by atoms with Crippen molar-refractivity contribution < 1.29 is 23.1 Å². The number of aryl methyl sites for hydroxylation is 1. The molecule has 6 heteroatoms. The average molecular weight is 315 g/mol. The van der Waals surface area contributed by atoms with Crippen LogP contribution in [-0.4, -0.2) is 11.1 Å². The van der Waals surface area contributed by atoms with Crippen LogP contribution in [0.15, 0.2) is 36.4 Å². The summed E-state index contributed by atoms with van der Waals surface area (Å²) in [6.45, 7) is 1.56. The van der Waals surface area contributed by atoms with E-state index >= 15 is 0 Å². The minimum absolute atomic E-state index is 0.0202. The molecule has 1 N–H and O–H groups in total. The SMILES string of the molecule is Cc1cc(C(=O)O)ccc1-c1cccc(Cl)c1C(F)(F)F. The minimum atomic E-state index is -4.59. The predicted octanol–water partition coefficient (Wildman–Crippen LogP) is 5.03. The normalized spacial score (nSPS) is 11.5. The number of halogens is 4. The number of benzene rings is 2. The third kappa shape index (κ3) is 3.03. The topological polar surface area (TPSA) is 37.3 Å². The summed E-state index contributed by atoms with van der Waals surface area (Å²) in [4.78, 5) is 10.9. The molecule has 2 aromatic rings. The molecule has 0 unspecified atom stereocenters. The summed E-state index contributed by atoms with van der Waals surface area (Å²) >= 11 is 5.68. The van der Waals surface area contributed by atoms with E-state index in [1.165, 1.54) is 36.4 Å². The fraction of sp³-hybridized carbons (Fsp3) is 0.133. The van der Waals surface area contributed by atoms with Gasteiger partial charge in [-0.15, -0.1) is 0 Å². The Kier molecular flexibility index (Phi) is 3.96. The summed E-state index contributed by atoms with van der Waals surface area (Å²) in [7, 11) is 0. The molecule has 0 bridgehead atoms. The Morgan fingerprint density at radius 1 is 1.14 bits per heavy atom. The van der Waals surface area contributed by atoms with E-state index in [4.69, 9.17) is 16.7 Å². The zero-order valence-electron chi connectivity index (χ0n) is 10.8. The van der Waals surface area contributed by atoms with Crippen LogP contribution in [0.4, 0.5) is 13.2 Å². The molecule has 2 rings (SSSR count). The molecular formula is C15H10ClF3O2. The van der Waals surface area contributed by atoms with Gasteiger partial charge in [-0.3, -0.25) is 0 Å². The lowest BCUT2D eigenvalue weighted by molar-refractivity contribution is -0.137. The van der Waals surface area contributed by atoms with Crippen molar-refractivity contribution in [3.8, 4) is 11.1 Å². The van der Waals surface area contributed by atoms with E-state index < -0.39 is 17.7 Å². The van der Waals surface area contributed by atoms with E-state index in [1.54, 1.807) is 6.92 Å². The summed E-state index contributed by atoms with van der Waals surface area (Å²) in [5, 5.41) is 8.51. The summed E-state index contributed by atoms with van der Waals surface area (Å²) in [6, 6.07) is 7.88. The summed E-state index contributed by atoms with van der Waals surface area (Å²) in [6.07, 6.45) is -4.59. The average Bonchev–Trinajstić information content (AvgIpc) is 2.36. The Hall–Kier alpha value is -2.01. The van der Waals surface area contributed by atoms with Gasteiger partial charge in [0.05, 0.1) is 16.1 Å². The van der Waals surface area contributed by atoms with Gasteiger partial charge in [-0.05, 0) is 41.8 Å². The maximum Gasteiger partial charge on any atom is 0.418 e. The second kappa shape index (κ2) is 5.41. The highest BCUT2D eigenvalue weighted by Crippen LogP contribution is 2.42. The third-order valence-corrected chi connectivity index (χ3v) is 3.38. The molecule has 0 aromatic heterocycles. The van der Waals surface area contributed by atoms with Crippen molar-refractivity contribution in [2.75, 3.05) is 0 Å². The fourth-order valence-electron chi connectivity index (χ4n) is 2.14. The Bertz CT molecular complexity index is 709. The lowest BCUT2D eigenvalue weighted by atomic mass is 9.94. The monoisotopic (exact) mass is 314 g/mol. The molecule has 0 radical (unpaired) electrons. The highest BCUT2D eigenvalue weighted by molar-refractivity contribution is 6.31. The van der Waals surface area contributed by atoms with Gasteiger partial charge in [0.25, 0.3) is 0 Å². The Labute approximate surface area is 123 Å². The van der Waals surface area contributed by atoms with Crippen LogP contribution in [0.3, 0.4) is 0 Å². The number of hydrogen-bond donors (Lipinski definition) is 1. The number of carbonyl (C=O) groups is 1. The van der Waals surface area contributed by atoms with Crippen molar-refractivity contribution in [1.82, 2.24) is 0 Å². The molecule has 0 fully saturated rings. The first kappa shape index (κ1) is 15.4. The number of rotatable bonds is 2. The van der Waals surface area contributed by atoms with Crippen LogP contribution >= 0.6 is 11.6 Å². The molecule has 0 amide bonds. The Balaban J connectivity index is 2.68. The highest BCUT2D eigenvalue weighted by atomic mass is 35.5. The van der Waals surface area contributed by atoms with Gasteiger partial charge in [-0.25, -0.2) is 4.79 Å². The number of hydrogen-bond acceptors (Lipinski definition) is 1. The quantitative estimate of drug-likeness (QED) is 0.844. The van der Waals surface area contributed by atoms with Gasteiger partial charge in [0.15, 0.2) is 0 Å². The van der Waals surface area contributed by atoms with Gasteiger partial charge >= 0.3 is 12.1 Å². The summed E-state index contributed by atoms with van der Waals surface area (Å²) < 4.78 is 39.5. The van der Waals surface area contributed by atoms with Crippen LogP contribution in [-0.2, 0) is 6.18 Å². The Morgan fingerprint density at radius 2 is 1.81 bits per heavy atom. The molecule has 0 aliphatic carbocycles. The van der Waals surface area contributed by atoms with Crippen LogP contribution in [0, 0.1) is 6.92 Å². The molecule has 21 heavy (non-hydrogen) atoms. The molecule has 0 atom stereocenters. The number of aromatic carboxylic acids is 1. The van der Waals surface area contributed by atoms with Gasteiger partial charge in [0.2, 0.25) is 0 Å². The first-order chi connectivity index (χ1) is 9.71. The van der Waals surface area contributed by atoms with Crippen molar-refractivity contribution in [2.45, 2.75) is 13.1 Å². The zero-order chi connectivity index (χ0) is 15.8. The summed E-state index contributed by atoms with van der Waals surface area (Å²) in [5.41, 5.74) is -0.230. The lowest BCUT2D eigenvalue weighted by Gasteiger charge is -2.16. The Morgan fingerprint density at radius 3 is 2.33 bits per heavy atom. The maximum atomic E-state index is 13.2. The van der Waals surface area contributed by atoms with Gasteiger partial charge in [0.1, 0.15) is 0 Å². The molecule has 0 aliphatic heterocycles. The second-order valence-corrected chi connectivity index (χ2v) is 4.90. The molecule has 0 heterocycles. The first-order valence-electron chi connectivity index (χ1n) is 5.92. The van der Waals surface area contributed by atoms with Crippen LogP contribution in [0.2, 0.25) is 5.02 Å². The molecule has 0 aliphatic rings. The molecule has 0 saturated carbocycles.